The molecule has 4 bridgehead atoms. The van der Waals surface area contributed by atoms with Crippen molar-refractivity contribution in [3.63, 3.8) is 0 Å². The normalized spacial score (nSPS) is 23.4. The number of alkyl halides is 3. The molecular formula is C38H41Cl2F3N6O7. The Labute approximate surface area is 330 Å². The van der Waals surface area contributed by atoms with Crippen molar-refractivity contribution in [2.75, 3.05) is 0 Å². The Kier molecular flexibility index (Phi) is 12.3. The van der Waals surface area contributed by atoms with Crippen LogP contribution in [0, 0.1) is 23.7 Å². The minimum absolute atomic E-state index is 0.0268. The largest absolute Gasteiger partial charge is 0.478 e. The molecule has 4 aromatic rings. The lowest BCUT2D eigenvalue weighted by Gasteiger charge is -2.21. The number of aromatic carboxylic acids is 1. The molecule has 0 radical (unpaired) electrons. The highest BCUT2D eigenvalue weighted by atomic mass is 35.5. The van der Waals surface area contributed by atoms with Crippen molar-refractivity contribution in [2.24, 2.45) is 23.7 Å². The Morgan fingerprint density at radius 3 is 1.54 bits per heavy atom. The standard InChI is InChI=1S/C20H24ClN3O3.C16H16ClN3O3.C2HF3O/c1-20(2,3)27-19(25)14-6-7-16(22-18(14)21)24-9-8-17(23-24)26-15-11-12-4-5-13(15)10-12;17-15-11(16(21)22)3-4-13(18-15)20-6-5-14(19-20)23-12-8-9-1-2-10(12)7-9;3-2(4,5)1-6/h6-9,12-13,15H,4-5,10-11H2,1-3H3;3-6,9-10,12H,1-2,7-8H2,(H,21,22);1H/t12-,13-,15+;9-,10-,12+;/m11./s1. The van der Waals surface area contributed by atoms with Crippen molar-refractivity contribution >= 4 is 41.4 Å². The van der Waals surface area contributed by atoms with E-state index in [4.69, 9.17) is 47.3 Å². The third-order valence-electron chi connectivity index (χ3n) is 10.1. The topological polar surface area (TPSA) is 161 Å². The molecule has 6 atom stereocenters. The second-order valence-electron chi connectivity index (χ2n) is 15.3. The van der Waals surface area contributed by atoms with Crippen LogP contribution in [0.15, 0.2) is 48.8 Å². The lowest BCUT2D eigenvalue weighted by molar-refractivity contribution is -0.156. The monoisotopic (exact) mass is 820 g/mol. The average molecular weight is 822 g/mol. The van der Waals surface area contributed by atoms with E-state index in [-0.39, 0.29) is 33.6 Å². The maximum Gasteiger partial charge on any atom is 0.446 e. The van der Waals surface area contributed by atoms with Crippen molar-refractivity contribution in [1.82, 2.24) is 29.5 Å². The predicted molar refractivity (Wildman–Crippen MR) is 197 cm³/mol. The van der Waals surface area contributed by atoms with Gasteiger partial charge in [-0.15, -0.1) is 10.2 Å². The molecule has 56 heavy (non-hydrogen) atoms. The number of carboxylic acids is 1. The van der Waals surface area contributed by atoms with Crippen LogP contribution in [0.5, 0.6) is 11.8 Å². The van der Waals surface area contributed by atoms with Crippen LogP contribution >= 0.6 is 23.2 Å². The van der Waals surface area contributed by atoms with E-state index in [0.29, 0.717) is 35.2 Å². The van der Waals surface area contributed by atoms with Crippen LogP contribution in [-0.4, -0.2) is 76.8 Å². The molecule has 0 aliphatic heterocycles. The zero-order valence-corrected chi connectivity index (χ0v) is 32.3. The van der Waals surface area contributed by atoms with Crippen LogP contribution in [0.1, 0.15) is 92.9 Å². The van der Waals surface area contributed by atoms with Gasteiger partial charge in [0.15, 0.2) is 11.6 Å². The first kappa shape index (κ1) is 40.9. The van der Waals surface area contributed by atoms with E-state index < -0.39 is 30.0 Å². The molecule has 4 fully saturated rings. The van der Waals surface area contributed by atoms with E-state index in [0.717, 1.165) is 24.7 Å². The number of carboxylic acid groups (broad SMARTS) is 1. The number of rotatable bonds is 8. The Morgan fingerprint density at radius 2 is 1.20 bits per heavy atom. The highest BCUT2D eigenvalue weighted by molar-refractivity contribution is 6.32. The lowest BCUT2D eigenvalue weighted by atomic mass is 9.98. The molecule has 0 aromatic carbocycles. The Morgan fingerprint density at radius 1 is 0.750 bits per heavy atom. The van der Waals surface area contributed by atoms with Crippen molar-refractivity contribution < 1.29 is 46.9 Å². The summed E-state index contributed by atoms with van der Waals surface area (Å²) >= 11 is 12.1. The zero-order chi connectivity index (χ0) is 40.4. The van der Waals surface area contributed by atoms with E-state index in [2.05, 4.69) is 20.2 Å². The summed E-state index contributed by atoms with van der Waals surface area (Å²) in [6, 6.07) is 9.93. The molecular weight excluding hydrogens is 780 g/mol. The highest BCUT2D eigenvalue weighted by Gasteiger charge is 2.42. The molecule has 4 aliphatic rings. The van der Waals surface area contributed by atoms with Crippen molar-refractivity contribution in [2.45, 2.75) is 96.1 Å². The van der Waals surface area contributed by atoms with E-state index in [1.54, 1.807) is 46.0 Å². The summed E-state index contributed by atoms with van der Waals surface area (Å²) in [7, 11) is 0. The molecule has 4 aliphatic carbocycles. The second kappa shape index (κ2) is 16.8. The van der Waals surface area contributed by atoms with Crippen molar-refractivity contribution in [3.05, 3.63) is 70.2 Å². The Bertz CT molecular complexity index is 2050. The first-order valence-corrected chi connectivity index (χ1v) is 19.0. The van der Waals surface area contributed by atoms with Gasteiger partial charge in [-0.25, -0.2) is 28.9 Å². The molecule has 13 nitrogen and oxygen atoms in total. The molecule has 0 spiro atoms. The number of aromatic nitrogens is 6. The van der Waals surface area contributed by atoms with Crippen molar-refractivity contribution in [3.8, 4) is 23.4 Å². The van der Waals surface area contributed by atoms with E-state index in [1.807, 2.05) is 26.8 Å². The van der Waals surface area contributed by atoms with Gasteiger partial charge in [-0.2, -0.15) is 13.2 Å². The molecule has 1 N–H and O–H groups in total. The van der Waals surface area contributed by atoms with Gasteiger partial charge in [-0.1, -0.05) is 23.2 Å². The lowest BCUT2D eigenvalue weighted by Crippen LogP contribution is -2.24. The summed E-state index contributed by atoms with van der Waals surface area (Å²) in [6.45, 7) is 5.42. The number of carbonyl (C=O) groups excluding carboxylic acids is 2. The molecule has 8 rings (SSSR count). The van der Waals surface area contributed by atoms with Crippen LogP contribution in [0.2, 0.25) is 10.3 Å². The van der Waals surface area contributed by atoms with Crippen LogP contribution in [-0.2, 0) is 9.53 Å². The van der Waals surface area contributed by atoms with E-state index in [9.17, 15) is 22.8 Å². The van der Waals surface area contributed by atoms with Gasteiger partial charge in [0.1, 0.15) is 28.1 Å². The minimum atomic E-state index is -4.64. The molecule has 0 amide bonds. The number of halogens is 5. The molecule has 4 heterocycles. The van der Waals surface area contributed by atoms with Gasteiger partial charge in [-0.05, 0) is 120 Å². The molecule has 300 valence electrons. The fraction of sp³-hybridized carbons (Fsp3) is 0.500. The number of hydrogen-bond donors (Lipinski definition) is 1. The summed E-state index contributed by atoms with van der Waals surface area (Å²) in [5, 5.41) is 17.8. The summed E-state index contributed by atoms with van der Waals surface area (Å²) in [6.07, 6.45) is 8.37. The molecule has 0 unspecified atom stereocenters. The Hall–Kier alpha value is -4.70. The van der Waals surface area contributed by atoms with Crippen molar-refractivity contribution in [1.29, 1.82) is 0 Å². The van der Waals surface area contributed by atoms with E-state index >= 15 is 0 Å². The third-order valence-corrected chi connectivity index (χ3v) is 10.7. The van der Waals surface area contributed by atoms with Gasteiger partial charge in [-0.3, -0.25) is 4.79 Å². The maximum absolute atomic E-state index is 12.2. The summed E-state index contributed by atoms with van der Waals surface area (Å²) in [4.78, 5) is 40.2. The summed E-state index contributed by atoms with van der Waals surface area (Å²) in [5.74, 6) is 3.52. The summed E-state index contributed by atoms with van der Waals surface area (Å²) < 4.78 is 51.9. The number of pyridine rings is 2. The average Bonchev–Trinajstić information content (AvgIpc) is 3.99. The smallest absolute Gasteiger partial charge is 0.446 e. The fourth-order valence-corrected chi connectivity index (χ4v) is 8.17. The number of carbonyl (C=O) groups is 3. The van der Waals surface area contributed by atoms with Crippen LogP contribution in [0.3, 0.4) is 0 Å². The van der Waals surface area contributed by atoms with Crippen LogP contribution < -0.4 is 9.47 Å². The van der Waals surface area contributed by atoms with Gasteiger partial charge in [0.05, 0.1) is 11.1 Å². The molecule has 4 aromatic heterocycles. The second-order valence-corrected chi connectivity index (χ2v) is 16.1. The maximum atomic E-state index is 12.2. The first-order chi connectivity index (χ1) is 26.4. The predicted octanol–water partition coefficient (Wildman–Crippen LogP) is 8.38. The number of hydrogen-bond acceptors (Lipinski definition) is 10. The quantitative estimate of drug-likeness (QED) is 0.103. The third kappa shape index (κ3) is 10.4. The number of nitrogens with zero attached hydrogens (tertiary/aromatic N) is 6. The van der Waals surface area contributed by atoms with Gasteiger partial charge >= 0.3 is 18.1 Å². The summed E-state index contributed by atoms with van der Waals surface area (Å²) in [5.41, 5.74) is -0.380. The first-order valence-electron chi connectivity index (χ1n) is 18.2. The minimum Gasteiger partial charge on any atom is -0.478 e. The van der Waals surface area contributed by atoms with Gasteiger partial charge in [0.25, 0.3) is 0 Å². The van der Waals surface area contributed by atoms with Crippen LogP contribution in [0.4, 0.5) is 13.2 Å². The fourth-order valence-electron chi connectivity index (χ4n) is 7.72. The molecule has 18 heteroatoms. The number of ether oxygens (including phenoxy) is 3. The van der Waals surface area contributed by atoms with Gasteiger partial charge in [0, 0.05) is 24.5 Å². The van der Waals surface area contributed by atoms with Gasteiger partial charge in [0.2, 0.25) is 18.0 Å². The number of esters is 1. The highest BCUT2D eigenvalue weighted by Crippen LogP contribution is 2.47. The van der Waals surface area contributed by atoms with Crippen LogP contribution in [0.25, 0.3) is 11.6 Å². The van der Waals surface area contributed by atoms with E-state index in [1.165, 1.54) is 44.6 Å². The molecule has 0 saturated heterocycles. The number of fused-ring (bicyclic) bond motifs is 4. The van der Waals surface area contributed by atoms with Gasteiger partial charge < -0.3 is 19.3 Å². The SMILES string of the molecule is CC(C)(C)OC(=O)c1ccc(-n2ccc(O[C@H]3C[C@@H]4CC[C@@H]3C4)n2)nc1Cl.O=C(O)c1ccc(-n2ccc(O[C@H]3C[C@@H]4CC[C@@H]3C4)n2)nc1Cl.O=CC(F)(F)F. The zero-order valence-electron chi connectivity index (χ0n) is 30.8. The molecule has 4 saturated carbocycles. The number of aldehydes is 1. The Balaban J connectivity index is 0.000000168.